The number of hydrogen-bond donors (Lipinski definition) is 0. The number of carbonyl (C=O) groups excluding carboxylic acids is 1. The molecule has 0 bridgehead atoms. The quantitative estimate of drug-likeness (QED) is 0.617. The molecule has 112 valence electrons. The third-order valence-corrected chi connectivity index (χ3v) is 3.24. The van der Waals surface area contributed by atoms with Crippen molar-refractivity contribution in [1.82, 2.24) is 4.90 Å². The number of para-hydroxylation sites is 1. The summed E-state index contributed by atoms with van der Waals surface area (Å²) in [4.78, 5) is 13.9. The predicted molar refractivity (Wildman–Crippen MR) is 82.5 cm³/mol. The summed E-state index contributed by atoms with van der Waals surface area (Å²) in [5.41, 5.74) is 0.974. The van der Waals surface area contributed by atoms with Gasteiger partial charge in [0.15, 0.2) is 11.5 Å². The van der Waals surface area contributed by atoms with Gasteiger partial charge in [-0.1, -0.05) is 30.4 Å². The molecular formula is C17H21NO3. The highest BCUT2D eigenvalue weighted by Gasteiger charge is 2.18. The summed E-state index contributed by atoms with van der Waals surface area (Å²) in [6.07, 6.45) is 7.06. The van der Waals surface area contributed by atoms with Gasteiger partial charge in [0.1, 0.15) is 13.2 Å². The summed E-state index contributed by atoms with van der Waals surface area (Å²) < 4.78 is 11.3. The lowest BCUT2D eigenvalue weighted by Gasteiger charge is -2.24. The minimum Gasteiger partial charge on any atom is -0.486 e. The summed E-state index contributed by atoms with van der Waals surface area (Å²) in [5.74, 6) is 1.50. The average molecular weight is 287 g/mol. The van der Waals surface area contributed by atoms with E-state index in [4.69, 9.17) is 9.47 Å². The zero-order chi connectivity index (χ0) is 15.1. The number of allylic oxidation sites excluding steroid dienone is 3. The number of amides is 1. The Morgan fingerprint density at radius 1 is 1.29 bits per heavy atom. The Morgan fingerprint density at radius 3 is 2.86 bits per heavy atom. The number of rotatable bonds is 5. The van der Waals surface area contributed by atoms with Gasteiger partial charge in [-0.05, 0) is 19.9 Å². The molecule has 0 radical (unpaired) electrons. The highest BCUT2D eigenvalue weighted by Crippen LogP contribution is 2.34. The number of nitrogens with zero attached hydrogens (tertiary/aromatic N) is 1. The van der Waals surface area contributed by atoms with E-state index >= 15 is 0 Å². The normalized spacial score (nSPS) is 13.8. The molecule has 2 rings (SSSR count). The smallest absolute Gasteiger partial charge is 0.246 e. The van der Waals surface area contributed by atoms with E-state index in [9.17, 15) is 4.79 Å². The van der Waals surface area contributed by atoms with Crippen LogP contribution in [0.4, 0.5) is 0 Å². The van der Waals surface area contributed by atoms with Crippen molar-refractivity contribution in [1.29, 1.82) is 0 Å². The zero-order valence-electron chi connectivity index (χ0n) is 12.5. The Hall–Kier alpha value is -2.23. The molecule has 0 aromatic heterocycles. The number of ether oxygens (including phenoxy) is 2. The first-order valence-corrected chi connectivity index (χ1v) is 7.22. The van der Waals surface area contributed by atoms with Crippen LogP contribution in [0.1, 0.15) is 19.4 Å². The largest absolute Gasteiger partial charge is 0.486 e. The van der Waals surface area contributed by atoms with E-state index in [-0.39, 0.29) is 5.91 Å². The fourth-order valence-electron chi connectivity index (χ4n) is 2.16. The average Bonchev–Trinajstić information content (AvgIpc) is 2.52. The van der Waals surface area contributed by atoms with E-state index in [0.29, 0.717) is 26.3 Å². The molecule has 1 aliphatic heterocycles. The topological polar surface area (TPSA) is 38.8 Å². The molecule has 0 unspecified atom stereocenters. The summed E-state index contributed by atoms with van der Waals surface area (Å²) in [7, 11) is 0. The van der Waals surface area contributed by atoms with Crippen molar-refractivity contribution in [3.05, 3.63) is 48.1 Å². The molecule has 1 aromatic carbocycles. The first-order valence-electron chi connectivity index (χ1n) is 7.22. The third-order valence-electron chi connectivity index (χ3n) is 3.24. The number of carbonyl (C=O) groups is 1. The van der Waals surface area contributed by atoms with Crippen LogP contribution in [0.2, 0.25) is 0 Å². The van der Waals surface area contributed by atoms with E-state index in [1.807, 2.05) is 44.2 Å². The summed E-state index contributed by atoms with van der Waals surface area (Å²) in [5, 5.41) is 0. The van der Waals surface area contributed by atoms with Crippen molar-refractivity contribution in [2.45, 2.75) is 20.4 Å². The predicted octanol–water partition coefficient (Wildman–Crippen LogP) is 2.94. The maximum atomic E-state index is 12.2. The van der Waals surface area contributed by atoms with E-state index in [0.717, 1.165) is 17.1 Å². The Labute approximate surface area is 125 Å². The third kappa shape index (κ3) is 3.88. The van der Waals surface area contributed by atoms with E-state index in [1.165, 1.54) is 0 Å². The van der Waals surface area contributed by atoms with Crippen LogP contribution < -0.4 is 9.47 Å². The van der Waals surface area contributed by atoms with Crippen LogP contribution >= 0.6 is 0 Å². The fraction of sp³-hybridized carbons (Fsp3) is 0.353. The SMILES string of the molecule is CC=CC=CC(=O)N(CC)Cc1cccc2c1OCCO2. The van der Waals surface area contributed by atoms with E-state index in [2.05, 4.69) is 0 Å². The van der Waals surface area contributed by atoms with Crippen LogP contribution in [0, 0.1) is 0 Å². The molecule has 0 aliphatic carbocycles. The second-order valence-electron chi connectivity index (χ2n) is 4.68. The van der Waals surface area contributed by atoms with Crippen LogP contribution in [-0.4, -0.2) is 30.6 Å². The summed E-state index contributed by atoms with van der Waals surface area (Å²) in [6, 6.07) is 5.79. The maximum absolute atomic E-state index is 12.2. The lowest BCUT2D eigenvalue weighted by Crippen LogP contribution is -2.29. The molecule has 0 spiro atoms. The maximum Gasteiger partial charge on any atom is 0.246 e. The van der Waals surface area contributed by atoms with Gasteiger partial charge in [-0.15, -0.1) is 0 Å². The minimum atomic E-state index is -0.00932. The summed E-state index contributed by atoms with van der Waals surface area (Å²) >= 11 is 0. The van der Waals surface area contributed by atoms with E-state index < -0.39 is 0 Å². The minimum absolute atomic E-state index is 0.00932. The van der Waals surface area contributed by atoms with Gasteiger partial charge in [0, 0.05) is 24.7 Å². The molecule has 0 saturated heterocycles. The highest BCUT2D eigenvalue weighted by molar-refractivity contribution is 5.87. The standard InChI is InChI=1S/C17H21NO3/c1-3-5-6-10-16(19)18(4-2)13-14-8-7-9-15-17(14)21-12-11-20-15/h3,5-10H,4,11-13H2,1-2H3. The van der Waals surface area contributed by atoms with Gasteiger partial charge >= 0.3 is 0 Å². The van der Waals surface area contributed by atoms with Crippen molar-refractivity contribution in [2.24, 2.45) is 0 Å². The first-order chi connectivity index (χ1) is 10.3. The van der Waals surface area contributed by atoms with Crippen LogP contribution in [0.25, 0.3) is 0 Å². The van der Waals surface area contributed by atoms with Crippen LogP contribution in [0.3, 0.4) is 0 Å². The first kappa shape index (κ1) is 15.2. The Balaban J connectivity index is 2.13. The Morgan fingerprint density at radius 2 is 2.10 bits per heavy atom. The Bertz CT molecular complexity index is 549. The van der Waals surface area contributed by atoms with Gasteiger partial charge in [0.25, 0.3) is 0 Å². The second-order valence-corrected chi connectivity index (χ2v) is 4.68. The molecule has 0 fully saturated rings. The number of fused-ring (bicyclic) bond motifs is 1. The zero-order valence-corrected chi connectivity index (χ0v) is 12.5. The molecule has 1 aliphatic rings. The van der Waals surface area contributed by atoms with Crippen molar-refractivity contribution >= 4 is 5.91 Å². The molecule has 0 saturated carbocycles. The molecule has 4 heteroatoms. The van der Waals surface area contributed by atoms with Crippen molar-refractivity contribution in [3.8, 4) is 11.5 Å². The van der Waals surface area contributed by atoms with Gasteiger partial charge in [-0.3, -0.25) is 4.79 Å². The van der Waals surface area contributed by atoms with Crippen molar-refractivity contribution in [3.63, 3.8) is 0 Å². The van der Waals surface area contributed by atoms with Crippen LogP contribution in [-0.2, 0) is 11.3 Å². The van der Waals surface area contributed by atoms with Gasteiger partial charge in [0.2, 0.25) is 5.91 Å². The molecule has 4 nitrogen and oxygen atoms in total. The fourth-order valence-corrected chi connectivity index (χ4v) is 2.16. The summed E-state index contributed by atoms with van der Waals surface area (Å²) in [6.45, 7) is 6.16. The molecular weight excluding hydrogens is 266 g/mol. The number of hydrogen-bond acceptors (Lipinski definition) is 3. The molecule has 21 heavy (non-hydrogen) atoms. The van der Waals surface area contributed by atoms with Gasteiger partial charge in [0.05, 0.1) is 0 Å². The van der Waals surface area contributed by atoms with Crippen LogP contribution in [0.15, 0.2) is 42.5 Å². The lowest BCUT2D eigenvalue weighted by atomic mass is 10.1. The number of benzene rings is 1. The highest BCUT2D eigenvalue weighted by atomic mass is 16.6. The molecule has 1 heterocycles. The van der Waals surface area contributed by atoms with E-state index in [1.54, 1.807) is 17.1 Å². The number of likely N-dealkylation sites (N-methyl/N-ethyl adjacent to an activating group) is 1. The van der Waals surface area contributed by atoms with Crippen LogP contribution in [0.5, 0.6) is 11.5 Å². The van der Waals surface area contributed by atoms with Crippen molar-refractivity contribution < 1.29 is 14.3 Å². The molecule has 0 atom stereocenters. The van der Waals surface area contributed by atoms with Gasteiger partial charge in [-0.25, -0.2) is 0 Å². The molecule has 1 aromatic rings. The molecule has 0 N–H and O–H groups in total. The monoisotopic (exact) mass is 287 g/mol. The van der Waals surface area contributed by atoms with Gasteiger partial charge < -0.3 is 14.4 Å². The van der Waals surface area contributed by atoms with Crippen molar-refractivity contribution in [2.75, 3.05) is 19.8 Å². The lowest BCUT2D eigenvalue weighted by molar-refractivity contribution is -0.126. The molecule has 1 amide bonds. The Kier molecular flexibility index (Phi) is 5.43. The van der Waals surface area contributed by atoms with Gasteiger partial charge in [-0.2, -0.15) is 0 Å². The second kappa shape index (κ2) is 7.53.